The van der Waals surface area contributed by atoms with Crippen LogP contribution in [0.2, 0.25) is 0 Å². The topological polar surface area (TPSA) is 61.9 Å². The lowest BCUT2D eigenvalue weighted by molar-refractivity contribution is -0.124. The van der Waals surface area contributed by atoms with Crippen molar-refractivity contribution in [1.29, 1.82) is 0 Å². The van der Waals surface area contributed by atoms with Crippen molar-refractivity contribution < 1.29 is 14.3 Å². The van der Waals surface area contributed by atoms with Gasteiger partial charge in [0.05, 0.1) is 12.6 Å². The number of carbonyl (C=O) groups is 2. The molecule has 2 aliphatic heterocycles. The van der Waals surface area contributed by atoms with Crippen molar-refractivity contribution >= 4 is 17.7 Å². The minimum absolute atomic E-state index is 0.0478. The van der Waals surface area contributed by atoms with Gasteiger partial charge in [-0.15, -0.1) is 0 Å². The van der Waals surface area contributed by atoms with Crippen molar-refractivity contribution in [2.45, 2.75) is 64.3 Å². The van der Waals surface area contributed by atoms with Gasteiger partial charge in [-0.1, -0.05) is 72.8 Å². The molecule has 5 rings (SSSR count). The Hall–Kier alpha value is -3.64. The van der Waals surface area contributed by atoms with Crippen molar-refractivity contribution in [2.24, 2.45) is 0 Å². The number of aryl methyl sites for hydroxylation is 1. The molecule has 0 bridgehead atoms. The van der Waals surface area contributed by atoms with E-state index in [0.29, 0.717) is 19.4 Å². The highest BCUT2D eigenvalue weighted by atomic mass is 16.6. The number of hydrogen-bond donors (Lipinski definition) is 1. The quantitative estimate of drug-likeness (QED) is 0.533. The van der Waals surface area contributed by atoms with Gasteiger partial charge in [0.2, 0.25) is 0 Å². The number of hydrogen-bond acceptors (Lipinski definition) is 4. The summed E-state index contributed by atoms with van der Waals surface area (Å²) in [6.07, 6.45) is 0.612. The molecule has 2 atom stereocenters. The van der Waals surface area contributed by atoms with Crippen LogP contribution in [0.1, 0.15) is 49.4 Å². The number of benzene rings is 3. The molecule has 1 saturated heterocycles. The number of anilines is 1. The zero-order chi connectivity index (χ0) is 25.5. The molecular weight excluding hydrogens is 450 g/mol. The fraction of sp³-hybridized carbons (Fsp3) is 0.333. The second kappa shape index (κ2) is 9.10. The zero-order valence-corrected chi connectivity index (χ0v) is 21.3. The summed E-state index contributed by atoms with van der Waals surface area (Å²) in [4.78, 5) is 29.4. The highest BCUT2D eigenvalue weighted by molar-refractivity contribution is 6.08. The summed E-state index contributed by atoms with van der Waals surface area (Å²) in [5.41, 5.74) is 6.81. The first kappa shape index (κ1) is 24.1. The summed E-state index contributed by atoms with van der Waals surface area (Å²) in [7, 11) is 0. The van der Waals surface area contributed by atoms with Crippen molar-refractivity contribution in [1.82, 2.24) is 10.4 Å². The Morgan fingerprint density at radius 2 is 1.67 bits per heavy atom. The van der Waals surface area contributed by atoms with E-state index < -0.39 is 17.2 Å². The minimum Gasteiger partial charge on any atom is -0.443 e. The first-order chi connectivity index (χ1) is 17.2. The molecule has 2 amide bonds. The number of nitrogens with one attached hydrogen (secondary N) is 1. The lowest BCUT2D eigenvalue weighted by atomic mass is 9.85. The predicted octanol–water partition coefficient (Wildman–Crippen LogP) is 5.49. The van der Waals surface area contributed by atoms with Gasteiger partial charge in [-0.2, -0.15) is 0 Å². The third-order valence-electron chi connectivity index (χ3n) is 6.97. The molecule has 1 spiro atoms. The summed E-state index contributed by atoms with van der Waals surface area (Å²) in [5, 5.41) is 1.55. The predicted molar refractivity (Wildman–Crippen MR) is 140 cm³/mol. The third kappa shape index (κ3) is 4.37. The largest absolute Gasteiger partial charge is 0.443 e. The summed E-state index contributed by atoms with van der Waals surface area (Å²) in [5.74, 6) is -0.0478. The molecule has 3 aromatic rings. The van der Waals surface area contributed by atoms with Crippen LogP contribution in [0.3, 0.4) is 0 Å². The molecule has 1 N–H and O–H groups in total. The lowest BCUT2D eigenvalue weighted by Crippen LogP contribution is -2.53. The normalized spacial score (nSPS) is 21.2. The van der Waals surface area contributed by atoms with Crippen molar-refractivity contribution in [3.8, 4) is 0 Å². The Bertz CT molecular complexity index is 1280. The Morgan fingerprint density at radius 3 is 2.39 bits per heavy atom. The van der Waals surface area contributed by atoms with E-state index in [1.807, 2.05) is 92.4 Å². The van der Waals surface area contributed by atoms with Crippen LogP contribution in [0.25, 0.3) is 0 Å². The zero-order valence-electron chi connectivity index (χ0n) is 21.3. The van der Waals surface area contributed by atoms with E-state index in [1.165, 1.54) is 0 Å². The Balaban J connectivity index is 1.53. The monoisotopic (exact) mass is 483 g/mol. The van der Waals surface area contributed by atoms with Crippen molar-refractivity contribution in [2.75, 3.05) is 4.90 Å². The Kier molecular flexibility index (Phi) is 6.08. The average molecular weight is 484 g/mol. The Morgan fingerprint density at radius 1 is 1.00 bits per heavy atom. The van der Waals surface area contributed by atoms with Crippen LogP contribution < -0.4 is 10.3 Å². The summed E-state index contributed by atoms with van der Waals surface area (Å²) >= 11 is 0. The van der Waals surface area contributed by atoms with Crippen molar-refractivity contribution in [3.63, 3.8) is 0 Å². The highest BCUT2D eigenvalue weighted by Crippen LogP contribution is 2.47. The number of hydrazine groups is 1. The van der Waals surface area contributed by atoms with Crippen LogP contribution in [0.15, 0.2) is 78.9 Å². The smallest absolute Gasteiger partial charge is 0.425 e. The highest BCUT2D eigenvalue weighted by Gasteiger charge is 2.58. The molecule has 2 heterocycles. The van der Waals surface area contributed by atoms with Crippen molar-refractivity contribution in [3.05, 3.63) is 101 Å². The molecule has 186 valence electrons. The fourth-order valence-corrected chi connectivity index (χ4v) is 5.30. The first-order valence-electron chi connectivity index (χ1n) is 12.5. The summed E-state index contributed by atoms with van der Waals surface area (Å²) < 4.78 is 5.77. The molecule has 6 nitrogen and oxygen atoms in total. The average Bonchev–Trinajstić information content (AvgIpc) is 3.33. The standard InChI is InChI=1S/C30H33N3O3/c1-21-12-8-9-15-23(21)18-24-19-30(31-33(24)28(35)36-29(2,3)4)25-16-10-11-17-26(25)32(27(30)34)20-22-13-6-5-7-14-22/h5-17,24,31H,18-20H2,1-4H3/t24-,30+/m1/s1. The van der Waals surface area contributed by atoms with Gasteiger partial charge in [0, 0.05) is 17.7 Å². The molecule has 0 aliphatic carbocycles. The molecule has 0 aromatic heterocycles. The Labute approximate surface area is 212 Å². The molecule has 6 heteroatoms. The van der Waals surface area contributed by atoms with E-state index in [4.69, 9.17) is 4.74 Å². The maximum Gasteiger partial charge on any atom is 0.425 e. The summed E-state index contributed by atoms with van der Waals surface area (Å²) in [6, 6.07) is 25.8. The fourth-order valence-electron chi connectivity index (χ4n) is 5.30. The number of para-hydroxylation sites is 1. The molecule has 36 heavy (non-hydrogen) atoms. The second-order valence-electron chi connectivity index (χ2n) is 10.8. The molecular formula is C30H33N3O3. The van der Waals surface area contributed by atoms with E-state index in [2.05, 4.69) is 24.5 Å². The van der Waals surface area contributed by atoms with Gasteiger partial charge in [0.1, 0.15) is 11.1 Å². The van der Waals surface area contributed by atoms with E-state index >= 15 is 0 Å². The van der Waals surface area contributed by atoms with Crippen LogP contribution in [0.4, 0.5) is 10.5 Å². The van der Waals surface area contributed by atoms with E-state index in [0.717, 1.165) is 27.9 Å². The second-order valence-corrected chi connectivity index (χ2v) is 10.8. The maximum atomic E-state index is 14.2. The number of nitrogens with zero attached hydrogens (tertiary/aromatic N) is 2. The number of amides is 2. The molecule has 3 aromatic carbocycles. The number of rotatable bonds is 4. The molecule has 0 radical (unpaired) electrons. The van der Waals surface area contributed by atoms with Gasteiger partial charge in [-0.3, -0.25) is 4.79 Å². The van der Waals surface area contributed by atoms with E-state index in [9.17, 15) is 9.59 Å². The molecule has 0 unspecified atom stereocenters. The van der Waals surface area contributed by atoms with Gasteiger partial charge >= 0.3 is 6.09 Å². The van der Waals surface area contributed by atoms with Crippen LogP contribution in [-0.2, 0) is 28.0 Å². The number of ether oxygens (including phenoxy) is 1. The maximum absolute atomic E-state index is 14.2. The molecule has 1 fully saturated rings. The van der Waals surface area contributed by atoms with Gasteiger partial charge < -0.3 is 9.64 Å². The van der Waals surface area contributed by atoms with Crippen LogP contribution in [0.5, 0.6) is 0 Å². The number of fused-ring (bicyclic) bond motifs is 2. The van der Waals surface area contributed by atoms with Gasteiger partial charge in [-0.05, 0) is 56.9 Å². The van der Waals surface area contributed by atoms with Gasteiger partial charge in [0.15, 0.2) is 0 Å². The van der Waals surface area contributed by atoms with Crippen LogP contribution in [0, 0.1) is 6.92 Å². The van der Waals surface area contributed by atoms with Crippen LogP contribution in [-0.4, -0.2) is 28.7 Å². The van der Waals surface area contributed by atoms with E-state index in [-0.39, 0.29) is 11.9 Å². The molecule has 0 saturated carbocycles. The summed E-state index contributed by atoms with van der Waals surface area (Å²) in [6.45, 7) is 8.10. The van der Waals surface area contributed by atoms with E-state index in [1.54, 1.807) is 5.01 Å². The van der Waals surface area contributed by atoms with Crippen LogP contribution >= 0.6 is 0 Å². The van der Waals surface area contributed by atoms with Gasteiger partial charge in [-0.25, -0.2) is 15.2 Å². The molecule has 2 aliphatic rings. The minimum atomic E-state index is -1.03. The third-order valence-corrected chi connectivity index (χ3v) is 6.97. The lowest BCUT2D eigenvalue weighted by Gasteiger charge is -2.29. The SMILES string of the molecule is Cc1ccccc1C[C@@H]1C[C@@]2(NN1C(=O)OC(C)(C)C)C(=O)N(Cc1ccccc1)c1ccccc12. The first-order valence-corrected chi connectivity index (χ1v) is 12.5. The van der Waals surface area contributed by atoms with Gasteiger partial charge in [0.25, 0.3) is 5.91 Å². The number of carbonyl (C=O) groups excluding carboxylic acids is 2.